The Morgan fingerprint density at radius 1 is 0.850 bits per heavy atom. The van der Waals surface area contributed by atoms with Crippen molar-refractivity contribution in [3.8, 4) is 0 Å². The van der Waals surface area contributed by atoms with E-state index in [-0.39, 0.29) is 29.4 Å². The summed E-state index contributed by atoms with van der Waals surface area (Å²) in [6.07, 6.45) is 1.46. The van der Waals surface area contributed by atoms with Crippen molar-refractivity contribution in [3.63, 3.8) is 0 Å². The first-order valence-corrected chi connectivity index (χ1v) is 15.9. The van der Waals surface area contributed by atoms with E-state index >= 15 is 0 Å². The van der Waals surface area contributed by atoms with Gasteiger partial charge in [-0.25, -0.2) is 22.3 Å². The summed E-state index contributed by atoms with van der Waals surface area (Å²) in [5.74, 6) is -0.733. The van der Waals surface area contributed by atoms with Crippen LogP contribution in [0.4, 0.5) is 5.69 Å². The lowest BCUT2D eigenvalue weighted by atomic mass is 10.2. The lowest BCUT2D eigenvalue weighted by Crippen LogP contribution is -2.60. The Morgan fingerprint density at radius 2 is 1.40 bits per heavy atom. The van der Waals surface area contributed by atoms with Gasteiger partial charge in [-0.15, -0.1) is 0 Å². The van der Waals surface area contributed by atoms with Crippen molar-refractivity contribution in [2.45, 2.75) is 29.7 Å². The summed E-state index contributed by atoms with van der Waals surface area (Å²) in [7, 11) is -8.04. The molecule has 40 heavy (non-hydrogen) atoms. The zero-order chi connectivity index (χ0) is 28.8. The van der Waals surface area contributed by atoms with Crippen molar-refractivity contribution in [3.05, 3.63) is 90.5 Å². The molecular formula is C28H33N5O5S2. The van der Waals surface area contributed by atoms with Crippen molar-refractivity contribution in [2.24, 2.45) is 5.10 Å². The fraction of sp³-hybridized carbons (Fsp3) is 0.286. The summed E-state index contributed by atoms with van der Waals surface area (Å²) in [4.78, 5) is 15.6. The van der Waals surface area contributed by atoms with Crippen LogP contribution in [0, 0.1) is 0 Å². The molecular weight excluding hydrogens is 550 g/mol. The Balaban J connectivity index is 1.57. The monoisotopic (exact) mass is 583 g/mol. The van der Waals surface area contributed by atoms with E-state index in [0.29, 0.717) is 0 Å². The third-order valence-electron chi connectivity index (χ3n) is 6.74. The Labute approximate surface area is 236 Å². The predicted molar refractivity (Wildman–Crippen MR) is 155 cm³/mol. The molecule has 1 N–H and O–H groups in total. The molecule has 0 spiro atoms. The van der Waals surface area contributed by atoms with Crippen molar-refractivity contribution in [1.82, 2.24) is 14.0 Å². The van der Waals surface area contributed by atoms with Crippen LogP contribution < -0.4 is 10.3 Å². The zero-order valence-corrected chi connectivity index (χ0v) is 24.1. The minimum Gasteiger partial charge on any atom is -0.372 e. The Bertz CT molecular complexity index is 1530. The summed E-state index contributed by atoms with van der Waals surface area (Å²) < 4.78 is 55.8. The van der Waals surface area contributed by atoms with E-state index in [1.165, 1.54) is 30.5 Å². The van der Waals surface area contributed by atoms with Crippen molar-refractivity contribution in [1.29, 1.82) is 0 Å². The van der Waals surface area contributed by atoms with Crippen LogP contribution in [0.15, 0.2) is 99.8 Å². The highest BCUT2D eigenvalue weighted by atomic mass is 32.2. The molecule has 0 aromatic heterocycles. The van der Waals surface area contributed by atoms with E-state index < -0.39 is 32.0 Å². The molecule has 1 heterocycles. The summed E-state index contributed by atoms with van der Waals surface area (Å²) in [5, 5.41) is 4.04. The lowest BCUT2D eigenvalue weighted by Gasteiger charge is -2.38. The van der Waals surface area contributed by atoms with E-state index in [4.69, 9.17) is 0 Å². The highest BCUT2D eigenvalue weighted by Gasteiger charge is 2.43. The minimum atomic E-state index is -4.09. The van der Waals surface area contributed by atoms with Crippen LogP contribution in [0.3, 0.4) is 0 Å². The van der Waals surface area contributed by atoms with E-state index in [1.54, 1.807) is 36.4 Å². The molecule has 3 aromatic carbocycles. The number of hydrogen-bond acceptors (Lipinski definition) is 7. The van der Waals surface area contributed by atoms with Gasteiger partial charge in [0, 0.05) is 38.4 Å². The second kappa shape index (κ2) is 12.7. The number of hydrogen-bond donors (Lipinski definition) is 1. The van der Waals surface area contributed by atoms with Gasteiger partial charge in [-0.05, 0) is 55.8 Å². The average Bonchev–Trinajstić information content (AvgIpc) is 2.99. The van der Waals surface area contributed by atoms with Crippen LogP contribution in [-0.2, 0) is 24.8 Å². The summed E-state index contributed by atoms with van der Waals surface area (Å²) in [5.41, 5.74) is 4.22. The third-order valence-corrected chi connectivity index (χ3v) is 10.5. The molecule has 1 amide bonds. The van der Waals surface area contributed by atoms with Crippen molar-refractivity contribution in [2.75, 3.05) is 37.6 Å². The molecule has 212 valence electrons. The maximum Gasteiger partial charge on any atom is 0.259 e. The van der Waals surface area contributed by atoms with E-state index in [2.05, 4.69) is 29.3 Å². The van der Waals surface area contributed by atoms with E-state index in [1.807, 2.05) is 24.3 Å². The molecule has 0 aliphatic carbocycles. The fourth-order valence-corrected chi connectivity index (χ4v) is 7.59. The van der Waals surface area contributed by atoms with Gasteiger partial charge < -0.3 is 4.90 Å². The Kier molecular flexibility index (Phi) is 9.36. The summed E-state index contributed by atoms with van der Waals surface area (Å²) in [6.45, 7) is 5.25. The van der Waals surface area contributed by atoms with Crippen LogP contribution in [-0.4, -0.2) is 76.3 Å². The predicted octanol–water partition coefficient (Wildman–Crippen LogP) is 2.75. The van der Waals surface area contributed by atoms with Gasteiger partial charge in [-0.2, -0.15) is 13.7 Å². The number of hydrazone groups is 1. The highest BCUT2D eigenvalue weighted by Crippen LogP contribution is 2.25. The first-order chi connectivity index (χ1) is 19.2. The Morgan fingerprint density at radius 3 is 1.95 bits per heavy atom. The standard InChI is InChI=1S/C28H33N5O5S2/c1-3-31(4-2)24-17-15-23(16-18-24)21-29-30-28(34)27-22-32(39(35,36)25-11-7-5-8-12-25)19-20-33(27)40(37,38)26-13-9-6-10-14-26/h5-18,21,27H,3-4,19-20,22H2,1-2H3,(H,30,34)/b29-21-/t27-/m1/s1. The number of carbonyl (C=O) groups is 1. The number of nitrogens with one attached hydrogen (secondary N) is 1. The number of amides is 1. The van der Waals surface area contributed by atoms with Gasteiger partial charge in [-0.3, -0.25) is 4.79 Å². The van der Waals surface area contributed by atoms with Gasteiger partial charge in [0.1, 0.15) is 6.04 Å². The van der Waals surface area contributed by atoms with Gasteiger partial charge in [0.15, 0.2) is 0 Å². The molecule has 0 bridgehead atoms. The smallest absolute Gasteiger partial charge is 0.259 e. The molecule has 1 fully saturated rings. The summed E-state index contributed by atoms with van der Waals surface area (Å²) >= 11 is 0. The molecule has 3 aromatic rings. The number of benzene rings is 3. The van der Waals surface area contributed by atoms with Crippen molar-refractivity contribution < 1.29 is 21.6 Å². The molecule has 1 saturated heterocycles. The van der Waals surface area contributed by atoms with Gasteiger partial charge in [0.2, 0.25) is 20.0 Å². The van der Waals surface area contributed by atoms with Crippen molar-refractivity contribution >= 4 is 37.9 Å². The third kappa shape index (κ3) is 6.41. The van der Waals surface area contributed by atoms with Gasteiger partial charge in [0.05, 0.1) is 16.0 Å². The molecule has 1 aliphatic heterocycles. The first-order valence-electron chi connectivity index (χ1n) is 13.0. The number of nitrogens with zero attached hydrogens (tertiary/aromatic N) is 4. The van der Waals surface area contributed by atoms with E-state index in [0.717, 1.165) is 33.0 Å². The molecule has 0 radical (unpaired) electrons. The molecule has 1 atom stereocenters. The maximum absolute atomic E-state index is 13.5. The number of anilines is 1. The minimum absolute atomic E-state index is 0.0176. The lowest BCUT2D eigenvalue weighted by molar-refractivity contribution is -0.125. The largest absolute Gasteiger partial charge is 0.372 e. The Hall–Kier alpha value is -3.58. The van der Waals surface area contributed by atoms with Gasteiger partial charge in [-0.1, -0.05) is 48.5 Å². The summed E-state index contributed by atoms with van der Waals surface area (Å²) in [6, 6.07) is 21.9. The zero-order valence-electron chi connectivity index (χ0n) is 22.4. The molecule has 1 aliphatic rings. The topological polar surface area (TPSA) is 119 Å². The number of sulfonamides is 2. The average molecular weight is 584 g/mol. The van der Waals surface area contributed by atoms with Crippen LogP contribution in [0.25, 0.3) is 0 Å². The van der Waals surface area contributed by atoms with Gasteiger partial charge >= 0.3 is 0 Å². The van der Waals surface area contributed by atoms with Crippen LogP contribution in [0.5, 0.6) is 0 Å². The number of carbonyl (C=O) groups excluding carboxylic acids is 1. The van der Waals surface area contributed by atoms with Crippen LogP contribution in [0.1, 0.15) is 19.4 Å². The van der Waals surface area contributed by atoms with Crippen LogP contribution >= 0.6 is 0 Å². The number of piperazine rings is 1. The second-order valence-corrected chi connectivity index (χ2v) is 12.9. The molecule has 0 saturated carbocycles. The second-order valence-electron chi connectivity index (χ2n) is 9.12. The highest BCUT2D eigenvalue weighted by molar-refractivity contribution is 7.89. The quantitative estimate of drug-likeness (QED) is 0.290. The van der Waals surface area contributed by atoms with E-state index in [9.17, 15) is 21.6 Å². The molecule has 4 rings (SSSR count). The maximum atomic E-state index is 13.5. The number of rotatable bonds is 10. The fourth-order valence-electron chi connectivity index (χ4n) is 4.54. The molecule has 0 unspecified atom stereocenters. The molecule has 10 nitrogen and oxygen atoms in total. The SMILES string of the molecule is CCN(CC)c1ccc(/C=N\NC(=O)[C@H]2CN(S(=O)(=O)c3ccccc3)CCN2S(=O)(=O)c2ccccc2)cc1. The van der Waals surface area contributed by atoms with Crippen LogP contribution in [0.2, 0.25) is 0 Å². The first kappa shape index (κ1) is 29.4. The normalized spacial score (nSPS) is 17.1. The molecule has 12 heteroatoms. The van der Waals surface area contributed by atoms with Gasteiger partial charge in [0.25, 0.3) is 5.91 Å².